The molecular formula is C11H16F3N3. The van der Waals surface area contributed by atoms with Crippen LogP contribution in [0.15, 0.2) is 12.3 Å². The summed E-state index contributed by atoms with van der Waals surface area (Å²) in [4.78, 5) is 7.27. The van der Waals surface area contributed by atoms with Crippen LogP contribution in [-0.4, -0.2) is 16.0 Å². The molecule has 1 heterocycles. The van der Waals surface area contributed by atoms with Crippen molar-refractivity contribution in [3.8, 4) is 0 Å². The van der Waals surface area contributed by atoms with E-state index < -0.39 is 11.9 Å². The highest BCUT2D eigenvalue weighted by molar-refractivity contribution is 5.27. The standard InChI is InChI=1S/C11H16F3N3/c1-3-5-8(4-2)16-10-15-7-6-9(17-10)11(12,13)14/h6-8H,3-5H2,1-2H3,(H,15,16,17). The lowest BCUT2D eigenvalue weighted by atomic mass is 10.1. The van der Waals surface area contributed by atoms with Crippen LogP contribution in [0, 0.1) is 0 Å². The van der Waals surface area contributed by atoms with Gasteiger partial charge in [-0.25, -0.2) is 9.97 Å². The molecule has 0 aliphatic carbocycles. The molecule has 0 saturated carbocycles. The van der Waals surface area contributed by atoms with Crippen LogP contribution in [0.5, 0.6) is 0 Å². The van der Waals surface area contributed by atoms with Gasteiger partial charge in [-0.05, 0) is 18.9 Å². The number of anilines is 1. The molecule has 0 aromatic carbocycles. The molecule has 1 unspecified atom stereocenters. The maximum Gasteiger partial charge on any atom is 0.433 e. The Kier molecular flexibility index (Phi) is 4.72. The van der Waals surface area contributed by atoms with E-state index in [-0.39, 0.29) is 12.0 Å². The predicted octanol–water partition coefficient (Wildman–Crippen LogP) is 3.49. The fraction of sp³-hybridized carbons (Fsp3) is 0.636. The molecule has 0 aliphatic heterocycles. The lowest BCUT2D eigenvalue weighted by Gasteiger charge is -2.16. The van der Waals surface area contributed by atoms with E-state index in [9.17, 15) is 13.2 Å². The Hall–Kier alpha value is -1.33. The van der Waals surface area contributed by atoms with Gasteiger partial charge < -0.3 is 5.32 Å². The summed E-state index contributed by atoms with van der Waals surface area (Å²) in [5.41, 5.74) is -0.915. The summed E-state index contributed by atoms with van der Waals surface area (Å²) in [6.07, 6.45) is -0.628. The molecule has 96 valence electrons. The largest absolute Gasteiger partial charge is 0.433 e. The van der Waals surface area contributed by atoms with Gasteiger partial charge in [0.25, 0.3) is 0 Å². The zero-order valence-corrected chi connectivity index (χ0v) is 9.88. The average molecular weight is 247 g/mol. The summed E-state index contributed by atoms with van der Waals surface area (Å²) in [6, 6.07) is 0.981. The second-order valence-corrected chi connectivity index (χ2v) is 3.80. The quantitative estimate of drug-likeness (QED) is 0.865. The Bertz CT molecular complexity index is 352. The smallest absolute Gasteiger partial charge is 0.351 e. The topological polar surface area (TPSA) is 37.8 Å². The van der Waals surface area contributed by atoms with Crippen molar-refractivity contribution in [1.29, 1.82) is 0 Å². The molecule has 1 atom stereocenters. The second-order valence-electron chi connectivity index (χ2n) is 3.80. The summed E-state index contributed by atoms with van der Waals surface area (Å²) in [7, 11) is 0. The molecule has 1 N–H and O–H groups in total. The van der Waals surface area contributed by atoms with Crippen LogP contribution in [0.2, 0.25) is 0 Å². The third-order valence-electron chi connectivity index (χ3n) is 2.41. The SMILES string of the molecule is CCCC(CC)Nc1nccc(C(F)(F)F)n1. The van der Waals surface area contributed by atoms with Crippen LogP contribution >= 0.6 is 0 Å². The number of rotatable bonds is 5. The molecule has 0 saturated heterocycles. The van der Waals surface area contributed by atoms with Gasteiger partial charge >= 0.3 is 6.18 Å². The number of nitrogens with zero attached hydrogens (tertiary/aromatic N) is 2. The molecule has 0 aliphatic rings. The third kappa shape index (κ3) is 4.20. The summed E-state index contributed by atoms with van der Waals surface area (Å²) < 4.78 is 37.3. The van der Waals surface area contributed by atoms with Crippen LogP contribution in [0.1, 0.15) is 38.8 Å². The molecule has 1 aromatic heterocycles. The normalized spacial score (nSPS) is 13.5. The summed E-state index contributed by atoms with van der Waals surface area (Å²) in [5.74, 6) is 0.0418. The monoisotopic (exact) mass is 247 g/mol. The van der Waals surface area contributed by atoms with Crippen LogP contribution in [-0.2, 0) is 6.18 Å². The molecular weight excluding hydrogens is 231 g/mol. The van der Waals surface area contributed by atoms with E-state index in [1.165, 1.54) is 0 Å². The zero-order chi connectivity index (χ0) is 12.9. The van der Waals surface area contributed by atoms with Crippen molar-refractivity contribution >= 4 is 5.95 Å². The molecule has 0 radical (unpaired) electrons. The molecule has 1 rings (SSSR count). The third-order valence-corrected chi connectivity index (χ3v) is 2.41. The molecule has 0 amide bonds. The van der Waals surface area contributed by atoms with Crippen molar-refractivity contribution in [2.45, 2.75) is 45.3 Å². The van der Waals surface area contributed by atoms with Gasteiger partial charge in [0.15, 0.2) is 0 Å². The zero-order valence-electron chi connectivity index (χ0n) is 9.88. The van der Waals surface area contributed by atoms with E-state index in [2.05, 4.69) is 15.3 Å². The van der Waals surface area contributed by atoms with Gasteiger partial charge in [0, 0.05) is 12.2 Å². The maximum absolute atomic E-state index is 12.4. The van der Waals surface area contributed by atoms with Gasteiger partial charge in [0.2, 0.25) is 5.95 Å². The number of nitrogens with one attached hydrogen (secondary N) is 1. The maximum atomic E-state index is 12.4. The lowest BCUT2D eigenvalue weighted by molar-refractivity contribution is -0.141. The fourth-order valence-corrected chi connectivity index (χ4v) is 1.50. The molecule has 6 heteroatoms. The fourth-order valence-electron chi connectivity index (χ4n) is 1.50. The van der Waals surface area contributed by atoms with Crippen LogP contribution in [0.3, 0.4) is 0 Å². The molecule has 0 fully saturated rings. The second kappa shape index (κ2) is 5.84. The Labute approximate surface area is 98.5 Å². The van der Waals surface area contributed by atoms with Crippen LogP contribution in [0.4, 0.5) is 19.1 Å². The first-order valence-electron chi connectivity index (χ1n) is 5.64. The predicted molar refractivity (Wildman–Crippen MR) is 59.6 cm³/mol. The first-order chi connectivity index (χ1) is 7.97. The molecule has 3 nitrogen and oxygen atoms in total. The van der Waals surface area contributed by atoms with Crippen LogP contribution < -0.4 is 5.32 Å². The number of aromatic nitrogens is 2. The Morgan fingerprint density at radius 1 is 1.35 bits per heavy atom. The lowest BCUT2D eigenvalue weighted by Crippen LogP contribution is -2.21. The molecule has 0 bridgehead atoms. The van der Waals surface area contributed by atoms with Gasteiger partial charge in [-0.2, -0.15) is 13.2 Å². The highest BCUT2D eigenvalue weighted by Gasteiger charge is 2.32. The summed E-state index contributed by atoms with van der Waals surface area (Å²) in [6.45, 7) is 4.00. The van der Waals surface area contributed by atoms with E-state index in [4.69, 9.17) is 0 Å². The van der Waals surface area contributed by atoms with Gasteiger partial charge in [-0.3, -0.25) is 0 Å². The summed E-state index contributed by atoms with van der Waals surface area (Å²) in [5, 5.41) is 2.92. The number of hydrogen-bond acceptors (Lipinski definition) is 3. The summed E-state index contributed by atoms with van der Waals surface area (Å²) >= 11 is 0. The van der Waals surface area contributed by atoms with Crippen molar-refractivity contribution in [3.63, 3.8) is 0 Å². The Morgan fingerprint density at radius 3 is 2.59 bits per heavy atom. The first-order valence-corrected chi connectivity index (χ1v) is 5.64. The van der Waals surface area contributed by atoms with E-state index in [1.54, 1.807) is 0 Å². The van der Waals surface area contributed by atoms with Gasteiger partial charge in [0.1, 0.15) is 5.69 Å². The van der Waals surface area contributed by atoms with E-state index >= 15 is 0 Å². The minimum absolute atomic E-state index is 0.0418. The molecule has 0 spiro atoms. The van der Waals surface area contributed by atoms with Crippen molar-refractivity contribution in [1.82, 2.24) is 9.97 Å². The number of hydrogen-bond donors (Lipinski definition) is 1. The highest BCUT2D eigenvalue weighted by Crippen LogP contribution is 2.27. The highest BCUT2D eigenvalue weighted by atomic mass is 19.4. The van der Waals surface area contributed by atoms with Gasteiger partial charge in [0.05, 0.1) is 0 Å². The van der Waals surface area contributed by atoms with Crippen molar-refractivity contribution in [3.05, 3.63) is 18.0 Å². The molecule has 1 aromatic rings. The van der Waals surface area contributed by atoms with Crippen molar-refractivity contribution in [2.75, 3.05) is 5.32 Å². The van der Waals surface area contributed by atoms with E-state index in [1.807, 2.05) is 13.8 Å². The van der Waals surface area contributed by atoms with E-state index in [0.29, 0.717) is 0 Å². The Morgan fingerprint density at radius 2 is 2.06 bits per heavy atom. The van der Waals surface area contributed by atoms with E-state index in [0.717, 1.165) is 31.5 Å². The van der Waals surface area contributed by atoms with Crippen molar-refractivity contribution < 1.29 is 13.2 Å². The Balaban J connectivity index is 2.78. The minimum atomic E-state index is -4.42. The first kappa shape index (κ1) is 13.7. The average Bonchev–Trinajstić information content (AvgIpc) is 2.28. The number of alkyl halides is 3. The molecule has 17 heavy (non-hydrogen) atoms. The van der Waals surface area contributed by atoms with Crippen molar-refractivity contribution in [2.24, 2.45) is 0 Å². The number of halogens is 3. The van der Waals surface area contributed by atoms with Gasteiger partial charge in [-0.1, -0.05) is 20.3 Å². The minimum Gasteiger partial charge on any atom is -0.351 e. The van der Waals surface area contributed by atoms with Crippen LogP contribution in [0.25, 0.3) is 0 Å². The van der Waals surface area contributed by atoms with Gasteiger partial charge in [-0.15, -0.1) is 0 Å².